The monoisotopic (exact) mass is 249 g/mol. The summed E-state index contributed by atoms with van der Waals surface area (Å²) in [5.74, 6) is 0.958. The lowest BCUT2D eigenvalue weighted by molar-refractivity contribution is 0.262. The molecule has 0 bridgehead atoms. The first-order valence-electron chi connectivity index (χ1n) is 6.94. The minimum Gasteiger partial charge on any atom is -0.492 e. The lowest BCUT2D eigenvalue weighted by atomic mass is 9.87. The fourth-order valence-electron chi connectivity index (χ4n) is 1.86. The van der Waals surface area contributed by atoms with Crippen LogP contribution >= 0.6 is 0 Å². The van der Waals surface area contributed by atoms with E-state index in [1.54, 1.807) is 0 Å². The van der Waals surface area contributed by atoms with Crippen LogP contribution in [0.15, 0.2) is 24.3 Å². The topological polar surface area (TPSA) is 21.3 Å². The minimum atomic E-state index is 0.203. The number of ether oxygens (including phenoxy) is 1. The van der Waals surface area contributed by atoms with Crippen molar-refractivity contribution in [2.45, 2.75) is 52.5 Å². The first-order chi connectivity index (χ1) is 8.47. The molecule has 2 nitrogen and oxygen atoms in total. The van der Waals surface area contributed by atoms with E-state index in [4.69, 9.17) is 4.74 Å². The highest BCUT2D eigenvalue weighted by Crippen LogP contribution is 2.24. The number of benzene rings is 1. The van der Waals surface area contributed by atoms with Crippen molar-refractivity contribution < 1.29 is 4.74 Å². The Morgan fingerprint density at radius 1 is 1.11 bits per heavy atom. The third-order valence-electron chi connectivity index (χ3n) is 3.16. The quantitative estimate of drug-likeness (QED) is 0.829. The standard InChI is InChI=1S/C16H27NO/c1-6-14(17-7-2)12-18-15-10-8-13(9-11-15)16(3,4)5/h8-11,14,17H,6-7,12H2,1-5H3. The van der Waals surface area contributed by atoms with E-state index < -0.39 is 0 Å². The summed E-state index contributed by atoms with van der Waals surface area (Å²) in [5, 5.41) is 3.41. The summed E-state index contributed by atoms with van der Waals surface area (Å²) in [5.41, 5.74) is 1.54. The van der Waals surface area contributed by atoms with Crippen molar-refractivity contribution in [1.82, 2.24) is 5.32 Å². The molecule has 0 fully saturated rings. The van der Waals surface area contributed by atoms with E-state index in [-0.39, 0.29) is 5.41 Å². The maximum atomic E-state index is 5.82. The molecule has 18 heavy (non-hydrogen) atoms. The second-order valence-electron chi connectivity index (χ2n) is 5.75. The number of hydrogen-bond donors (Lipinski definition) is 1. The van der Waals surface area contributed by atoms with Gasteiger partial charge in [0.25, 0.3) is 0 Å². The lowest BCUT2D eigenvalue weighted by Crippen LogP contribution is -2.33. The van der Waals surface area contributed by atoms with Crippen LogP contribution in [-0.2, 0) is 5.41 Å². The summed E-state index contributed by atoms with van der Waals surface area (Å²) in [6.07, 6.45) is 1.09. The van der Waals surface area contributed by atoms with Crippen molar-refractivity contribution in [3.63, 3.8) is 0 Å². The molecule has 2 heteroatoms. The molecule has 0 spiro atoms. The van der Waals surface area contributed by atoms with Gasteiger partial charge in [0.1, 0.15) is 12.4 Å². The molecule has 1 rings (SSSR count). The Hall–Kier alpha value is -1.02. The van der Waals surface area contributed by atoms with E-state index in [1.165, 1.54) is 5.56 Å². The highest BCUT2D eigenvalue weighted by Gasteiger charge is 2.13. The van der Waals surface area contributed by atoms with Gasteiger partial charge in [-0.25, -0.2) is 0 Å². The van der Waals surface area contributed by atoms with Gasteiger partial charge in [-0.2, -0.15) is 0 Å². The second kappa shape index (κ2) is 6.79. The van der Waals surface area contributed by atoms with Crippen molar-refractivity contribution in [3.05, 3.63) is 29.8 Å². The number of rotatable bonds is 6. The zero-order valence-corrected chi connectivity index (χ0v) is 12.4. The third kappa shape index (κ3) is 4.69. The van der Waals surface area contributed by atoms with Crippen LogP contribution < -0.4 is 10.1 Å². The normalized spacial score (nSPS) is 13.4. The summed E-state index contributed by atoms with van der Waals surface area (Å²) in [7, 11) is 0. The van der Waals surface area contributed by atoms with Crippen LogP contribution in [0.25, 0.3) is 0 Å². The summed E-state index contributed by atoms with van der Waals surface area (Å²) in [4.78, 5) is 0. The Labute approximate surface area is 112 Å². The van der Waals surface area contributed by atoms with Gasteiger partial charge in [-0.1, -0.05) is 46.8 Å². The predicted octanol–water partition coefficient (Wildman–Crippen LogP) is 3.75. The van der Waals surface area contributed by atoms with Crippen molar-refractivity contribution in [2.24, 2.45) is 0 Å². The Morgan fingerprint density at radius 2 is 1.72 bits per heavy atom. The molecule has 1 atom stereocenters. The van der Waals surface area contributed by atoms with Crippen LogP contribution in [-0.4, -0.2) is 19.2 Å². The van der Waals surface area contributed by atoms with Crippen LogP contribution in [0.5, 0.6) is 5.75 Å². The Morgan fingerprint density at radius 3 is 2.17 bits per heavy atom. The zero-order valence-electron chi connectivity index (χ0n) is 12.4. The van der Waals surface area contributed by atoms with E-state index in [0.717, 1.165) is 25.3 Å². The zero-order chi connectivity index (χ0) is 13.6. The molecule has 0 heterocycles. The van der Waals surface area contributed by atoms with Gasteiger partial charge in [-0.05, 0) is 36.1 Å². The highest BCUT2D eigenvalue weighted by atomic mass is 16.5. The van der Waals surface area contributed by atoms with Crippen LogP contribution in [0.2, 0.25) is 0 Å². The summed E-state index contributed by atoms with van der Waals surface area (Å²) >= 11 is 0. The van der Waals surface area contributed by atoms with Crippen LogP contribution in [0.3, 0.4) is 0 Å². The number of hydrogen-bond acceptors (Lipinski definition) is 2. The molecule has 102 valence electrons. The highest BCUT2D eigenvalue weighted by molar-refractivity contribution is 5.31. The summed E-state index contributed by atoms with van der Waals surface area (Å²) in [6.45, 7) is 12.7. The van der Waals surface area contributed by atoms with Gasteiger partial charge in [0.05, 0.1) is 0 Å². The van der Waals surface area contributed by atoms with Crippen molar-refractivity contribution >= 4 is 0 Å². The molecule has 0 saturated heterocycles. The van der Waals surface area contributed by atoms with Gasteiger partial charge in [-0.3, -0.25) is 0 Å². The molecule has 0 aliphatic rings. The predicted molar refractivity (Wildman–Crippen MR) is 78.4 cm³/mol. The van der Waals surface area contributed by atoms with E-state index >= 15 is 0 Å². The van der Waals surface area contributed by atoms with Crippen molar-refractivity contribution in [2.75, 3.05) is 13.2 Å². The van der Waals surface area contributed by atoms with E-state index in [2.05, 4.69) is 64.2 Å². The Kier molecular flexibility index (Phi) is 5.67. The molecular weight excluding hydrogens is 222 g/mol. The number of nitrogens with one attached hydrogen (secondary N) is 1. The second-order valence-corrected chi connectivity index (χ2v) is 5.75. The SMILES string of the molecule is CCNC(CC)COc1ccc(C(C)(C)C)cc1. The van der Waals surface area contributed by atoms with Crippen LogP contribution in [0.4, 0.5) is 0 Å². The Balaban J connectivity index is 2.53. The molecule has 1 aromatic carbocycles. The minimum absolute atomic E-state index is 0.203. The molecule has 0 radical (unpaired) electrons. The smallest absolute Gasteiger partial charge is 0.119 e. The van der Waals surface area contributed by atoms with E-state index in [1.807, 2.05) is 0 Å². The van der Waals surface area contributed by atoms with Gasteiger partial charge in [-0.15, -0.1) is 0 Å². The molecule has 0 amide bonds. The van der Waals surface area contributed by atoms with E-state index in [0.29, 0.717) is 6.04 Å². The maximum Gasteiger partial charge on any atom is 0.119 e. The van der Waals surface area contributed by atoms with Gasteiger partial charge < -0.3 is 10.1 Å². The summed E-state index contributed by atoms with van der Waals surface area (Å²) in [6, 6.07) is 8.89. The molecule has 0 aromatic heterocycles. The number of likely N-dealkylation sites (N-methyl/N-ethyl adjacent to an activating group) is 1. The molecule has 1 N–H and O–H groups in total. The first-order valence-corrected chi connectivity index (χ1v) is 6.94. The third-order valence-corrected chi connectivity index (χ3v) is 3.16. The average Bonchev–Trinajstić information content (AvgIpc) is 2.34. The van der Waals surface area contributed by atoms with Gasteiger partial charge >= 0.3 is 0 Å². The van der Waals surface area contributed by atoms with Crippen molar-refractivity contribution in [3.8, 4) is 5.75 Å². The van der Waals surface area contributed by atoms with Crippen LogP contribution in [0.1, 0.15) is 46.6 Å². The first kappa shape index (κ1) is 15.0. The molecule has 0 aliphatic carbocycles. The fourth-order valence-corrected chi connectivity index (χ4v) is 1.86. The fraction of sp³-hybridized carbons (Fsp3) is 0.625. The van der Waals surface area contributed by atoms with Crippen LogP contribution in [0, 0.1) is 0 Å². The largest absolute Gasteiger partial charge is 0.492 e. The lowest BCUT2D eigenvalue weighted by Gasteiger charge is -2.20. The van der Waals surface area contributed by atoms with Gasteiger partial charge in [0.2, 0.25) is 0 Å². The molecular formula is C16H27NO. The molecule has 0 aliphatic heterocycles. The van der Waals surface area contributed by atoms with Gasteiger partial charge in [0.15, 0.2) is 0 Å². The molecule has 1 aromatic rings. The maximum absolute atomic E-state index is 5.82. The van der Waals surface area contributed by atoms with Gasteiger partial charge in [0, 0.05) is 6.04 Å². The average molecular weight is 249 g/mol. The molecule has 1 unspecified atom stereocenters. The Bertz CT molecular complexity index is 337. The molecule has 0 saturated carbocycles. The summed E-state index contributed by atoms with van der Waals surface area (Å²) < 4.78 is 5.82. The van der Waals surface area contributed by atoms with Crippen molar-refractivity contribution in [1.29, 1.82) is 0 Å². The van der Waals surface area contributed by atoms with E-state index in [9.17, 15) is 0 Å².